The summed E-state index contributed by atoms with van der Waals surface area (Å²) in [6.45, 7) is 12.1. The van der Waals surface area contributed by atoms with Crippen LogP contribution in [0, 0.1) is 17.8 Å². The monoisotopic (exact) mass is 1340 g/mol. The summed E-state index contributed by atoms with van der Waals surface area (Å²) in [5.41, 5.74) is 25.2. The summed E-state index contributed by atoms with van der Waals surface area (Å²) in [4.78, 5) is 180. The first kappa shape index (κ1) is 78.5. The molecule has 1 heterocycles. The number of nitrogens with one attached hydrogen (secondary N) is 9. The van der Waals surface area contributed by atoms with Gasteiger partial charge in [0, 0.05) is 45.0 Å². The van der Waals surface area contributed by atoms with Gasteiger partial charge in [0.1, 0.15) is 54.1 Å². The van der Waals surface area contributed by atoms with Gasteiger partial charge in [0.2, 0.25) is 76.0 Å². The fourth-order valence-electron chi connectivity index (χ4n) is 10.5. The molecule has 1 aliphatic heterocycles. The highest BCUT2D eigenvalue weighted by Crippen LogP contribution is 2.21. The summed E-state index contributed by atoms with van der Waals surface area (Å²) in [5.74, 6) is -11.2. The molecule has 18 N–H and O–H groups in total. The molecule has 1 saturated heterocycles. The average Bonchev–Trinajstić information content (AvgIpc) is 1.85. The molecular formula is C66H96N14O14S. The van der Waals surface area contributed by atoms with Gasteiger partial charge in [-0.2, -0.15) is 0 Å². The number of aromatic hydroxyl groups is 1. The highest BCUT2D eigenvalue weighted by molar-refractivity contribution is 8.13. The van der Waals surface area contributed by atoms with Crippen molar-refractivity contribution in [1.82, 2.24) is 52.8 Å². The Morgan fingerprint density at radius 1 is 0.558 bits per heavy atom. The fourth-order valence-corrected chi connectivity index (χ4v) is 11.3. The van der Waals surface area contributed by atoms with E-state index >= 15 is 0 Å². The van der Waals surface area contributed by atoms with Gasteiger partial charge in [-0.25, -0.2) is 0 Å². The van der Waals surface area contributed by atoms with Gasteiger partial charge in [-0.3, -0.25) is 62.3 Å². The van der Waals surface area contributed by atoms with Crippen LogP contribution < -0.4 is 70.8 Å². The number of likely N-dealkylation sites (tertiary alicyclic amines) is 1. The first-order valence-electron chi connectivity index (χ1n) is 32.0. The minimum atomic E-state index is -1.83. The molecule has 10 atom stereocenters. The number of phenols is 1. The third kappa shape index (κ3) is 27.1. The Bertz CT molecular complexity index is 3100. The van der Waals surface area contributed by atoms with Crippen molar-refractivity contribution in [2.75, 3.05) is 25.4 Å². The van der Waals surface area contributed by atoms with Gasteiger partial charge < -0.3 is 80.8 Å². The molecule has 12 amide bonds. The lowest BCUT2D eigenvalue weighted by atomic mass is 9.99. The normalized spacial score (nSPS) is 15.7. The molecule has 0 aliphatic carbocycles. The van der Waals surface area contributed by atoms with Gasteiger partial charge >= 0.3 is 0 Å². The van der Waals surface area contributed by atoms with Crippen LogP contribution in [0.3, 0.4) is 0 Å². The number of phenolic OH excluding ortho intramolecular Hbond substituents is 1. The summed E-state index contributed by atoms with van der Waals surface area (Å²) >= 11 is 0.931. The zero-order valence-electron chi connectivity index (χ0n) is 55.1. The summed E-state index contributed by atoms with van der Waals surface area (Å²) in [6, 6.07) is 10.0. The van der Waals surface area contributed by atoms with Crippen LogP contribution in [0.5, 0.6) is 5.75 Å². The van der Waals surface area contributed by atoms with Gasteiger partial charge in [0.15, 0.2) is 0 Å². The van der Waals surface area contributed by atoms with Gasteiger partial charge in [-0.05, 0) is 98.1 Å². The molecule has 0 spiro atoms. The highest BCUT2D eigenvalue weighted by atomic mass is 32.2. The summed E-state index contributed by atoms with van der Waals surface area (Å²) in [7, 11) is 0. The Morgan fingerprint density at radius 2 is 1.02 bits per heavy atom. The molecule has 0 aromatic heterocycles. The zero-order chi connectivity index (χ0) is 70.5. The molecule has 28 nitrogen and oxygen atoms in total. The van der Waals surface area contributed by atoms with Crippen molar-refractivity contribution in [3.63, 3.8) is 0 Å². The molecule has 95 heavy (non-hydrogen) atoms. The van der Waals surface area contributed by atoms with Crippen LogP contribution >= 0.6 is 11.8 Å². The summed E-state index contributed by atoms with van der Waals surface area (Å²) < 4.78 is 0. The number of nitrogens with zero attached hydrogens (tertiary/aromatic N) is 1. The van der Waals surface area contributed by atoms with Crippen LogP contribution in [0.15, 0.2) is 84.9 Å². The third-order valence-electron chi connectivity index (χ3n) is 15.6. The molecule has 0 bridgehead atoms. The van der Waals surface area contributed by atoms with Gasteiger partial charge in [0.25, 0.3) is 0 Å². The van der Waals surface area contributed by atoms with E-state index in [0.29, 0.717) is 17.5 Å². The Labute approximate surface area is 558 Å². The Kier molecular flexibility index (Phi) is 32.8. The first-order valence-corrected chi connectivity index (χ1v) is 33.0. The van der Waals surface area contributed by atoms with E-state index in [4.69, 9.17) is 22.9 Å². The maximum Gasteiger partial charge on any atom is 0.243 e. The topological polar surface area (TPSA) is 458 Å². The highest BCUT2D eigenvalue weighted by Gasteiger charge is 2.40. The largest absolute Gasteiger partial charge is 0.508 e. The van der Waals surface area contributed by atoms with Crippen molar-refractivity contribution in [1.29, 1.82) is 0 Å². The number of nitrogens with two attached hydrogens (primary N) is 4. The number of carbonyl (C=O) groups excluding carboxylic acids is 13. The van der Waals surface area contributed by atoms with E-state index < -0.39 is 156 Å². The predicted octanol–water partition coefficient (Wildman–Crippen LogP) is -0.749. The lowest BCUT2D eigenvalue weighted by Gasteiger charge is -2.30. The molecular weight excluding hydrogens is 1240 g/mol. The van der Waals surface area contributed by atoms with Crippen LogP contribution in [0.1, 0.15) is 117 Å². The van der Waals surface area contributed by atoms with Crippen LogP contribution in [0.2, 0.25) is 0 Å². The SMILES string of the molecule is CC(=O)NCCSC(=O)[C@H](CC(C)C)NC(=O)[C@H](CCCN)NC(=O)[C@@H](NC(=O)[C@H](Cc1ccc(O)cc1)NC(=O)[C@H](CCC(N)=O)NC(=O)[C@H](CC(N)=O)NC(=O)[C@@H](NC(=O)[C@H](Cc1ccccc1)NC(=O)[C@@H]1CCCN1C(=O)[C@H](N)Cc1ccccc1)C(C)C)C(C)C. The molecule has 1 aliphatic rings. The van der Waals surface area contributed by atoms with Gasteiger partial charge in [-0.1, -0.05) is 126 Å². The fraction of sp³-hybridized carbons (Fsp3) is 0.530. The minimum absolute atomic E-state index is 0.0388. The molecule has 4 rings (SSSR count). The van der Waals surface area contributed by atoms with Crippen molar-refractivity contribution in [2.24, 2.45) is 40.7 Å². The molecule has 29 heteroatoms. The van der Waals surface area contributed by atoms with Gasteiger partial charge in [0.05, 0.1) is 18.5 Å². The van der Waals surface area contributed by atoms with E-state index in [1.807, 2.05) is 44.2 Å². The Morgan fingerprint density at radius 3 is 1.53 bits per heavy atom. The molecule has 3 aromatic carbocycles. The second-order valence-corrected chi connectivity index (χ2v) is 25.9. The second-order valence-electron chi connectivity index (χ2n) is 24.8. The quantitative estimate of drug-likeness (QED) is 0.0313. The smallest absolute Gasteiger partial charge is 0.243 e. The number of thioether (sulfide) groups is 1. The Hall–Kier alpha value is -8.96. The molecule has 3 aromatic rings. The molecule has 520 valence electrons. The van der Waals surface area contributed by atoms with Crippen molar-refractivity contribution in [2.45, 2.75) is 180 Å². The maximum atomic E-state index is 14.6. The number of benzene rings is 3. The number of primary amides is 2. The summed E-state index contributed by atoms with van der Waals surface area (Å²) in [5, 5.41) is 33.4. The second kappa shape index (κ2) is 39.7. The lowest BCUT2D eigenvalue weighted by molar-refractivity contribution is -0.140. The van der Waals surface area contributed by atoms with Crippen molar-refractivity contribution in [3.8, 4) is 5.75 Å². The van der Waals surface area contributed by atoms with Crippen LogP contribution in [-0.2, 0) is 81.6 Å². The molecule has 1 fully saturated rings. The molecule has 0 saturated carbocycles. The number of amides is 12. The Balaban J connectivity index is 1.58. The van der Waals surface area contributed by atoms with Crippen LogP contribution in [-0.4, -0.2) is 172 Å². The first-order chi connectivity index (χ1) is 45.0. The van der Waals surface area contributed by atoms with Crippen molar-refractivity contribution in [3.05, 3.63) is 102 Å². The number of hydrogen-bond donors (Lipinski definition) is 14. The lowest BCUT2D eigenvalue weighted by Crippen LogP contribution is -2.62. The van der Waals surface area contributed by atoms with E-state index in [1.165, 1.54) is 36.1 Å². The zero-order valence-corrected chi connectivity index (χ0v) is 55.9. The summed E-state index contributed by atoms with van der Waals surface area (Å²) in [6.07, 6.45) is -0.649. The van der Waals surface area contributed by atoms with Crippen molar-refractivity contribution < 1.29 is 67.4 Å². The van der Waals surface area contributed by atoms with Crippen LogP contribution in [0.4, 0.5) is 0 Å². The molecule has 0 radical (unpaired) electrons. The number of carbonyl (C=O) groups is 13. The third-order valence-corrected chi connectivity index (χ3v) is 16.6. The average molecular weight is 1340 g/mol. The molecule has 0 unspecified atom stereocenters. The predicted molar refractivity (Wildman–Crippen MR) is 356 cm³/mol. The van der Waals surface area contributed by atoms with E-state index in [2.05, 4.69) is 47.9 Å². The van der Waals surface area contributed by atoms with E-state index in [9.17, 15) is 67.4 Å². The number of rotatable bonds is 39. The minimum Gasteiger partial charge on any atom is -0.508 e. The standard InChI is InChI=1S/C66H96N14O14S/c1-37(2)32-51(66(94)95-31-29-71-40(7)81)77-57(85)46(20-14-28-67)73-63(91)55(38(3)4)78-60(88)48(35-43-22-24-44(82)25-23-43)74-58(86)47(26-27-53(69)83)72-59(87)50(36-54(70)84)76-64(92)56(39(5)6)79-61(89)49(34-42-18-12-9-13-19-42)75-62(90)52-21-15-30-80(52)65(93)45(68)33-41-16-10-8-11-17-41/h8-13,16-19,22-25,37-39,45-52,55-56,82H,14-15,20-21,26-36,67-68H2,1-7H3,(H2,69,83)(H2,70,84)(H,71,81)(H,72,87)(H,73,91)(H,74,86)(H,75,90)(H,76,92)(H,77,85)(H,78,88)(H,79,89)/t45-,46+,47+,48+,49+,50+,51+,52+,55+,56+/m1/s1. The van der Waals surface area contributed by atoms with E-state index in [-0.39, 0.29) is 93.0 Å². The van der Waals surface area contributed by atoms with E-state index in [1.54, 1.807) is 58.0 Å². The maximum absolute atomic E-state index is 14.6. The van der Waals surface area contributed by atoms with E-state index in [0.717, 1.165) is 17.3 Å². The van der Waals surface area contributed by atoms with Gasteiger partial charge in [-0.15, -0.1) is 0 Å². The van der Waals surface area contributed by atoms with Crippen molar-refractivity contribution >= 4 is 87.8 Å². The van der Waals surface area contributed by atoms with Crippen LogP contribution in [0.25, 0.3) is 0 Å². The number of hydrogen-bond acceptors (Lipinski definition) is 17.